The van der Waals surface area contributed by atoms with Gasteiger partial charge in [-0.2, -0.15) is 0 Å². The maximum Gasteiger partial charge on any atom is 0.250 e. The molecule has 0 N–H and O–H groups in total. The Morgan fingerprint density at radius 1 is 0.690 bits per heavy atom. The Bertz CT molecular complexity index is 815. The van der Waals surface area contributed by atoms with E-state index in [9.17, 15) is 0 Å². The lowest BCUT2D eigenvalue weighted by molar-refractivity contribution is 0.324. The fraction of sp³-hybridized carbons (Fsp3) is 0.478. The van der Waals surface area contributed by atoms with Crippen molar-refractivity contribution in [1.82, 2.24) is 0 Å². The van der Waals surface area contributed by atoms with Crippen molar-refractivity contribution in [3.8, 4) is 28.7 Å². The molecule has 2 rings (SSSR count). The Hall–Kier alpha value is -2.34. The van der Waals surface area contributed by atoms with Gasteiger partial charge in [-0.05, 0) is 59.9 Å². The Morgan fingerprint density at radius 3 is 1.66 bits per heavy atom. The van der Waals surface area contributed by atoms with Crippen molar-refractivity contribution in [1.29, 1.82) is 0 Å². The number of hydrogen-bond donors (Lipinski definition) is 0. The van der Waals surface area contributed by atoms with Gasteiger partial charge in [0.1, 0.15) is 5.75 Å². The second-order valence-corrected chi connectivity index (χ2v) is 13.3. The van der Waals surface area contributed by atoms with Crippen LogP contribution in [0.1, 0.15) is 31.9 Å². The van der Waals surface area contributed by atoms with Crippen molar-refractivity contribution >= 4 is 8.32 Å². The van der Waals surface area contributed by atoms with Gasteiger partial charge in [0, 0.05) is 0 Å². The molecule has 2 aromatic carbocycles. The molecule has 0 radical (unpaired) electrons. The van der Waals surface area contributed by atoms with Crippen molar-refractivity contribution in [3.63, 3.8) is 0 Å². The molecule has 5 nitrogen and oxygen atoms in total. The molecule has 6 heteroatoms. The van der Waals surface area contributed by atoms with Gasteiger partial charge in [0.05, 0.1) is 28.4 Å². The Morgan fingerprint density at radius 2 is 1.21 bits per heavy atom. The molecule has 0 unspecified atom stereocenters. The minimum Gasteiger partial charge on any atom is -0.541 e. The lowest BCUT2D eigenvalue weighted by Gasteiger charge is -2.36. The van der Waals surface area contributed by atoms with Crippen LogP contribution in [0, 0.1) is 0 Å². The Labute approximate surface area is 176 Å². The number of hydrogen-bond acceptors (Lipinski definition) is 5. The van der Waals surface area contributed by atoms with Crippen molar-refractivity contribution in [2.24, 2.45) is 0 Å². The molecule has 0 aromatic heterocycles. The minimum absolute atomic E-state index is 0.102. The first-order valence-electron chi connectivity index (χ1n) is 9.71. The summed E-state index contributed by atoms with van der Waals surface area (Å²) in [6.45, 7) is 11.2. The lowest BCUT2D eigenvalue weighted by Crippen LogP contribution is -2.43. The van der Waals surface area contributed by atoms with Gasteiger partial charge in [-0.25, -0.2) is 0 Å². The van der Waals surface area contributed by atoms with Crippen LogP contribution in [-0.2, 0) is 6.42 Å². The van der Waals surface area contributed by atoms with Gasteiger partial charge in [0.2, 0.25) is 5.75 Å². The highest BCUT2D eigenvalue weighted by Gasteiger charge is 2.39. The predicted molar refractivity (Wildman–Crippen MR) is 120 cm³/mol. The lowest BCUT2D eigenvalue weighted by atomic mass is 10.0. The first-order chi connectivity index (χ1) is 13.6. The summed E-state index contributed by atoms with van der Waals surface area (Å²) in [5.41, 5.74) is 2.18. The Balaban J connectivity index is 2.40. The number of rotatable bonds is 8. The third-order valence-electron chi connectivity index (χ3n) is 5.53. The van der Waals surface area contributed by atoms with Crippen LogP contribution in [0.15, 0.2) is 30.3 Å². The third kappa shape index (κ3) is 5.18. The smallest absolute Gasteiger partial charge is 0.250 e. The summed E-state index contributed by atoms with van der Waals surface area (Å²) < 4.78 is 28.5. The molecular formula is C23H34O5Si. The molecule has 0 saturated carbocycles. The van der Waals surface area contributed by atoms with Crippen LogP contribution in [0.25, 0.3) is 0 Å². The molecule has 0 bridgehead atoms. The van der Waals surface area contributed by atoms with Crippen molar-refractivity contribution in [3.05, 3.63) is 41.5 Å². The largest absolute Gasteiger partial charge is 0.541 e. The van der Waals surface area contributed by atoms with E-state index < -0.39 is 8.32 Å². The summed E-state index contributed by atoms with van der Waals surface area (Å²) in [4.78, 5) is 0. The van der Waals surface area contributed by atoms with Gasteiger partial charge in [-0.1, -0.05) is 26.8 Å². The quantitative estimate of drug-likeness (QED) is 0.515. The molecule has 0 aliphatic carbocycles. The topological polar surface area (TPSA) is 46.2 Å². The summed E-state index contributed by atoms with van der Waals surface area (Å²) in [6.07, 6.45) is 0.703. The van der Waals surface area contributed by atoms with Gasteiger partial charge in [-0.3, -0.25) is 0 Å². The van der Waals surface area contributed by atoms with Crippen molar-refractivity contribution in [2.75, 3.05) is 28.4 Å². The molecule has 0 fully saturated rings. The van der Waals surface area contributed by atoms with Crippen LogP contribution >= 0.6 is 0 Å². The maximum absolute atomic E-state index is 6.54. The molecule has 0 aliphatic rings. The fourth-order valence-electron chi connectivity index (χ4n) is 2.81. The van der Waals surface area contributed by atoms with Crippen LogP contribution in [0.2, 0.25) is 18.1 Å². The van der Waals surface area contributed by atoms with E-state index in [4.69, 9.17) is 23.4 Å². The highest BCUT2D eigenvalue weighted by molar-refractivity contribution is 6.74. The molecular weight excluding hydrogens is 384 g/mol. The van der Waals surface area contributed by atoms with E-state index >= 15 is 0 Å². The first kappa shape index (κ1) is 22.9. The number of methoxy groups -OCH3 is 4. The third-order valence-corrected chi connectivity index (χ3v) is 9.87. The molecule has 29 heavy (non-hydrogen) atoms. The van der Waals surface area contributed by atoms with Crippen LogP contribution in [0.3, 0.4) is 0 Å². The normalized spacial score (nSPS) is 11.8. The summed E-state index contributed by atoms with van der Waals surface area (Å²) >= 11 is 0. The molecule has 2 aromatic rings. The second kappa shape index (κ2) is 8.99. The van der Waals surface area contributed by atoms with E-state index in [1.54, 1.807) is 28.4 Å². The van der Waals surface area contributed by atoms with Gasteiger partial charge >= 0.3 is 0 Å². The monoisotopic (exact) mass is 418 g/mol. The van der Waals surface area contributed by atoms with E-state index in [-0.39, 0.29) is 5.04 Å². The first-order valence-corrected chi connectivity index (χ1v) is 12.6. The average molecular weight is 419 g/mol. The molecule has 0 heterocycles. The molecule has 0 amide bonds. The van der Waals surface area contributed by atoms with E-state index in [0.29, 0.717) is 23.7 Å². The zero-order valence-electron chi connectivity index (χ0n) is 19.1. The second-order valence-electron chi connectivity index (χ2n) is 8.56. The summed E-state index contributed by atoms with van der Waals surface area (Å²) in [5.74, 6) is 3.43. The standard InChI is InChI=1S/C23H34O5Si/c1-23(2,3)29(8,9)28-19-13-16(10-11-18(19)24-4)12-17-14-20(25-5)22(27-7)21(15-17)26-6/h10-11,13-15H,12H2,1-9H3. The van der Waals surface area contributed by atoms with Gasteiger partial charge in [-0.15, -0.1) is 0 Å². The molecule has 160 valence electrons. The van der Waals surface area contributed by atoms with Crippen molar-refractivity contribution < 1.29 is 23.4 Å². The van der Waals surface area contributed by atoms with Crippen LogP contribution < -0.4 is 23.4 Å². The van der Waals surface area contributed by atoms with E-state index in [0.717, 1.165) is 22.6 Å². The zero-order valence-corrected chi connectivity index (χ0v) is 20.1. The molecule has 0 spiro atoms. The number of ether oxygens (including phenoxy) is 4. The minimum atomic E-state index is -1.99. The maximum atomic E-state index is 6.54. The van der Waals surface area contributed by atoms with Crippen molar-refractivity contribution in [2.45, 2.75) is 45.3 Å². The SMILES string of the molecule is COc1ccc(Cc2cc(OC)c(OC)c(OC)c2)cc1O[Si](C)(C)C(C)(C)C. The van der Waals surface area contributed by atoms with Crippen LogP contribution in [0.5, 0.6) is 28.7 Å². The molecule has 0 atom stereocenters. The fourth-order valence-corrected chi connectivity index (χ4v) is 3.83. The highest BCUT2D eigenvalue weighted by Crippen LogP contribution is 2.41. The molecule has 0 saturated heterocycles. The van der Waals surface area contributed by atoms with E-state index in [2.05, 4.69) is 46.0 Å². The highest BCUT2D eigenvalue weighted by atomic mass is 28.4. The molecule has 0 aliphatic heterocycles. The summed E-state index contributed by atoms with van der Waals surface area (Å²) in [7, 11) is 4.54. The van der Waals surface area contributed by atoms with Gasteiger partial charge in [0.25, 0.3) is 8.32 Å². The number of benzene rings is 2. The van der Waals surface area contributed by atoms with Crippen LogP contribution in [-0.4, -0.2) is 36.8 Å². The Kier molecular flexibility index (Phi) is 7.11. The van der Waals surface area contributed by atoms with Gasteiger partial charge < -0.3 is 23.4 Å². The van der Waals surface area contributed by atoms with Gasteiger partial charge in [0.15, 0.2) is 17.2 Å². The summed E-state index contributed by atoms with van der Waals surface area (Å²) in [5, 5.41) is 0.102. The van der Waals surface area contributed by atoms with E-state index in [1.165, 1.54) is 0 Å². The van der Waals surface area contributed by atoms with E-state index in [1.807, 2.05) is 18.2 Å². The average Bonchev–Trinajstić information content (AvgIpc) is 2.66. The zero-order chi connectivity index (χ0) is 21.8. The predicted octanol–water partition coefficient (Wildman–Crippen LogP) is 5.70. The summed E-state index contributed by atoms with van der Waals surface area (Å²) in [6, 6.07) is 10.0. The van der Waals surface area contributed by atoms with Crippen LogP contribution in [0.4, 0.5) is 0 Å².